The van der Waals surface area contributed by atoms with Gasteiger partial charge in [0.1, 0.15) is 23.5 Å². The van der Waals surface area contributed by atoms with E-state index in [1.165, 1.54) is 42.6 Å². The van der Waals surface area contributed by atoms with Gasteiger partial charge in [0.05, 0.1) is 15.7 Å². The standard InChI is InChI=1S/C24H22F2N6O4S2/c1-31(18-6-7-21-19(13-18)28-14-37-21)23(33)20(11-15-9-16(25)12-17(26)10-15)29-24(34)30-38(35,36)32(2)22-5-3-4-8-27-22/h3-10,12-14,20H,11H2,1-2H3,(H2,29,30,34). The summed E-state index contributed by atoms with van der Waals surface area (Å²) < 4.78 is 56.5. The normalized spacial score (nSPS) is 12.1. The summed E-state index contributed by atoms with van der Waals surface area (Å²) >= 11 is 1.43. The molecule has 0 spiro atoms. The van der Waals surface area contributed by atoms with Crippen molar-refractivity contribution in [3.05, 3.63) is 83.5 Å². The summed E-state index contributed by atoms with van der Waals surface area (Å²) in [7, 11) is -1.75. The van der Waals surface area contributed by atoms with Crippen molar-refractivity contribution in [2.75, 3.05) is 23.3 Å². The second-order valence-electron chi connectivity index (χ2n) is 8.17. The number of carbonyl (C=O) groups excluding carboxylic acids is 2. The molecule has 0 aliphatic carbocycles. The minimum atomic E-state index is -4.40. The summed E-state index contributed by atoms with van der Waals surface area (Å²) in [6, 6.07) is 9.85. The van der Waals surface area contributed by atoms with E-state index in [-0.39, 0.29) is 17.8 Å². The monoisotopic (exact) mass is 560 g/mol. The van der Waals surface area contributed by atoms with Gasteiger partial charge in [-0.15, -0.1) is 11.3 Å². The minimum Gasteiger partial charge on any atom is -0.325 e. The lowest BCUT2D eigenvalue weighted by Crippen LogP contribution is -2.54. The highest BCUT2D eigenvalue weighted by Gasteiger charge is 2.29. The molecule has 0 saturated heterocycles. The number of nitrogens with one attached hydrogen (secondary N) is 2. The number of nitrogens with zero attached hydrogens (tertiary/aromatic N) is 4. The third kappa shape index (κ3) is 6.20. The van der Waals surface area contributed by atoms with E-state index < -0.39 is 39.8 Å². The molecule has 0 aliphatic heterocycles. The molecule has 0 saturated carbocycles. The van der Waals surface area contributed by atoms with Gasteiger partial charge in [-0.25, -0.2) is 32.6 Å². The number of anilines is 2. The summed E-state index contributed by atoms with van der Waals surface area (Å²) in [5.74, 6) is -2.34. The maximum absolute atomic E-state index is 13.8. The van der Waals surface area contributed by atoms with E-state index in [0.29, 0.717) is 17.3 Å². The molecule has 198 valence electrons. The van der Waals surface area contributed by atoms with Crippen LogP contribution in [0.2, 0.25) is 0 Å². The average molecular weight is 561 g/mol. The summed E-state index contributed by atoms with van der Waals surface area (Å²) in [5.41, 5.74) is 2.85. The number of pyridine rings is 1. The lowest BCUT2D eigenvalue weighted by atomic mass is 10.0. The lowest BCUT2D eigenvalue weighted by Gasteiger charge is -2.26. The summed E-state index contributed by atoms with van der Waals surface area (Å²) in [6.07, 6.45) is 1.06. The van der Waals surface area contributed by atoms with Gasteiger partial charge in [-0.3, -0.25) is 4.79 Å². The molecule has 1 unspecified atom stereocenters. The number of likely N-dealkylation sites (N-methyl/N-ethyl adjacent to an activating group) is 1. The number of thiazole rings is 1. The molecule has 3 amide bonds. The van der Waals surface area contributed by atoms with E-state index in [9.17, 15) is 26.8 Å². The van der Waals surface area contributed by atoms with Gasteiger partial charge in [-0.05, 0) is 48.0 Å². The molecule has 14 heteroatoms. The van der Waals surface area contributed by atoms with Crippen LogP contribution in [0.5, 0.6) is 0 Å². The predicted octanol–water partition coefficient (Wildman–Crippen LogP) is 3.22. The molecule has 0 bridgehead atoms. The highest BCUT2D eigenvalue weighted by atomic mass is 32.2. The van der Waals surface area contributed by atoms with Crippen LogP contribution in [0.3, 0.4) is 0 Å². The van der Waals surface area contributed by atoms with Gasteiger partial charge in [0.25, 0.3) is 0 Å². The Morgan fingerprint density at radius 2 is 1.76 bits per heavy atom. The second-order valence-corrected chi connectivity index (χ2v) is 10.8. The van der Waals surface area contributed by atoms with Crippen molar-refractivity contribution in [3.8, 4) is 0 Å². The fourth-order valence-corrected chi connectivity index (χ4v) is 5.06. The van der Waals surface area contributed by atoms with Crippen LogP contribution in [0, 0.1) is 11.6 Å². The van der Waals surface area contributed by atoms with Crippen LogP contribution in [-0.4, -0.2) is 50.5 Å². The molecule has 2 N–H and O–H groups in total. The van der Waals surface area contributed by atoms with Gasteiger partial charge >= 0.3 is 16.2 Å². The Bertz CT molecular complexity index is 1560. The zero-order valence-electron chi connectivity index (χ0n) is 20.1. The smallest absolute Gasteiger partial charge is 0.325 e. The number of hydrogen-bond donors (Lipinski definition) is 2. The molecule has 38 heavy (non-hydrogen) atoms. The quantitative estimate of drug-likeness (QED) is 0.341. The highest BCUT2D eigenvalue weighted by molar-refractivity contribution is 7.91. The number of hydrogen-bond acceptors (Lipinski definition) is 7. The first kappa shape index (κ1) is 26.9. The molecular weight excluding hydrogens is 538 g/mol. The van der Waals surface area contributed by atoms with Crippen LogP contribution in [0.4, 0.5) is 25.1 Å². The minimum absolute atomic E-state index is 0.0489. The van der Waals surface area contributed by atoms with Crippen LogP contribution in [0.15, 0.2) is 66.3 Å². The van der Waals surface area contributed by atoms with Crippen molar-refractivity contribution in [1.82, 2.24) is 20.0 Å². The average Bonchev–Trinajstić information content (AvgIpc) is 3.34. The Kier molecular flexibility index (Phi) is 7.83. The number of fused-ring (bicyclic) bond motifs is 1. The number of carbonyl (C=O) groups is 2. The van der Waals surface area contributed by atoms with Gasteiger partial charge in [-0.1, -0.05) is 6.07 Å². The van der Waals surface area contributed by atoms with Gasteiger partial charge in [0.2, 0.25) is 5.91 Å². The summed E-state index contributed by atoms with van der Waals surface area (Å²) in [4.78, 5) is 35.6. The number of amides is 3. The molecule has 4 rings (SSSR count). The molecule has 2 aromatic heterocycles. The number of rotatable bonds is 8. The van der Waals surface area contributed by atoms with E-state index in [4.69, 9.17) is 0 Å². The Hall–Kier alpha value is -4.17. The fourth-order valence-electron chi connectivity index (χ4n) is 3.62. The van der Waals surface area contributed by atoms with E-state index in [0.717, 1.165) is 21.1 Å². The largest absolute Gasteiger partial charge is 0.330 e. The van der Waals surface area contributed by atoms with Gasteiger partial charge in [0, 0.05) is 38.5 Å². The van der Waals surface area contributed by atoms with E-state index in [1.807, 2.05) is 4.72 Å². The van der Waals surface area contributed by atoms with Crippen molar-refractivity contribution in [2.45, 2.75) is 12.5 Å². The molecule has 2 heterocycles. The first-order valence-electron chi connectivity index (χ1n) is 11.1. The molecule has 0 radical (unpaired) electrons. The van der Waals surface area contributed by atoms with Gasteiger partial charge < -0.3 is 10.2 Å². The third-order valence-corrected chi connectivity index (χ3v) is 7.71. The maximum Gasteiger partial charge on any atom is 0.330 e. The number of aromatic nitrogens is 2. The molecule has 4 aromatic rings. The van der Waals surface area contributed by atoms with Crippen molar-refractivity contribution in [2.24, 2.45) is 0 Å². The zero-order valence-corrected chi connectivity index (χ0v) is 21.8. The molecule has 0 aliphatic rings. The first-order valence-corrected chi connectivity index (χ1v) is 13.4. The van der Waals surface area contributed by atoms with Crippen LogP contribution < -0.4 is 19.2 Å². The first-order chi connectivity index (χ1) is 18.0. The van der Waals surface area contributed by atoms with Crippen molar-refractivity contribution >= 4 is 55.2 Å². The van der Waals surface area contributed by atoms with E-state index >= 15 is 0 Å². The Morgan fingerprint density at radius 1 is 1.03 bits per heavy atom. The lowest BCUT2D eigenvalue weighted by molar-refractivity contribution is -0.120. The van der Waals surface area contributed by atoms with Crippen LogP contribution in [0.1, 0.15) is 5.56 Å². The maximum atomic E-state index is 13.8. The van der Waals surface area contributed by atoms with Crippen molar-refractivity contribution in [3.63, 3.8) is 0 Å². The second kappa shape index (κ2) is 11.1. The molecule has 0 fully saturated rings. The van der Waals surface area contributed by atoms with Crippen LogP contribution >= 0.6 is 11.3 Å². The zero-order chi connectivity index (χ0) is 27.4. The van der Waals surface area contributed by atoms with Crippen LogP contribution in [0.25, 0.3) is 10.2 Å². The number of benzene rings is 2. The van der Waals surface area contributed by atoms with Crippen molar-refractivity contribution < 1.29 is 26.8 Å². The summed E-state index contributed by atoms with van der Waals surface area (Å²) in [5, 5.41) is 2.32. The van der Waals surface area contributed by atoms with Gasteiger partial charge in [-0.2, -0.15) is 8.42 Å². The van der Waals surface area contributed by atoms with E-state index in [1.54, 1.807) is 35.8 Å². The highest BCUT2D eigenvalue weighted by Crippen LogP contribution is 2.24. The SMILES string of the molecule is CN(C(=O)C(Cc1cc(F)cc(F)c1)NC(=O)NS(=O)(=O)N(C)c1ccccn1)c1ccc2scnc2c1. The third-order valence-electron chi connectivity index (χ3n) is 5.55. The number of halogens is 2. The van der Waals surface area contributed by atoms with Crippen molar-refractivity contribution in [1.29, 1.82) is 0 Å². The van der Waals surface area contributed by atoms with E-state index in [2.05, 4.69) is 15.3 Å². The number of urea groups is 1. The van der Waals surface area contributed by atoms with Gasteiger partial charge in [0.15, 0.2) is 0 Å². The Labute approximate surface area is 221 Å². The molecular formula is C24H22F2N6O4S2. The fraction of sp³-hybridized carbons (Fsp3) is 0.167. The Balaban J connectivity index is 1.57. The topological polar surface area (TPSA) is 125 Å². The Morgan fingerprint density at radius 3 is 2.45 bits per heavy atom. The molecule has 1 atom stereocenters. The van der Waals surface area contributed by atoms with Crippen LogP contribution in [-0.2, 0) is 21.4 Å². The molecule has 10 nitrogen and oxygen atoms in total. The predicted molar refractivity (Wildman–Crippen MR) is 140 cm³/mol. The molecule has 2 aromatic carbocycles. The summed E-state index contributed by atoms with van der Waals surface area (Å²) in [6.45, 7) is 0.